The summed E-state index contributed by atoms with van der Waals surface area (Å²) in [6.45, 7) is 2.02. The molecule has 0 aliphatic carbocycles. The molecule has 0 aromatic heterocycles. The minimum atomic E-state index is 0.532. The second kappa shape index (κ2) is 5.96. The van der Waals surface area contributed by atoms with Crippen molar-refractivity contribution in [3.63, 3.8) is 0 Å². The molecule has 0 saturated carbocycles. The molecule has 0 amide bonds. The number of anilines is 1. The molecule has 0 fully saturated rings. The number of nitrogens with two attached hydrogens (primary N) is 1. The van der Waals surface area contributed by atoms with E-state index in [4.69, 9.17) is 22.1 Å². The third-order valence-corrected chi connectivity index (χ3v) is 4.07. The standard InChI is InChI=1S/C17H19ClN2O/c1-20(16-5-3-2-4-13(16)10-19)11-14-9-15(18)8-12-6-7-21-17(12)14/h2-5,8-9H,6-7,10-11,19H2,1H3. The third-order valence-electron chi connectivity index (χ3n) is 3.86. The Hall–Kier alpha value is -1.71. The van der Waals surface area contributed by atoms with Crippen molar-refractivity contribution < 1.29 is 4.74 Å². The van der Waals surface area contributed by atoms with Gasteiger partial charge in [0.1, 0.15) is 5.75 Å². The molecule has 0 radical (unpaired) electrons. The lowest BCUT2D eigenvalue weighted by atomic mass is 10.1. The smallest absolute Gasteiger partial charge is 0.127 e. The molecular weight excluding hydrogens is 284 g/mol. The highest BCUT2D eigenvalue weighted by molar-refractivity contribution is 6.30. The lowest BCUT2D eigenvalue weighted by molar-refractivity contribution is 0.353. The summed E-state index contributed by atoms with van der Waals surface area (Å²) in [4.78, 5) is 2.19. The van der Waals surface area contributed by atoms with E-state index in [-0.39, 0.29) is 0 Å². The van der Waals surface area contributed by atoms with E-state index in [0.717, 1.165) is 47.2 Å². The number of halogens is 1. The van der Waals surface area contributed by atoms with Gasteiger partial charge in [-0.2, -0.15) is 0 Å². The quantitative estimate of drug-likeness (QED) is 0.941. The Bertz CT molecular complexity index is 657. The summed E-state index contributed by atoms with van der Waals surface area (Å²) < 4.78 is 5.77. The Morgan fingerprint density at radius 3 is 2.86 bits per heavy atom. The van der Waals surface area contributed by atoms with Gasteiger partial charge in [-0.05, 0) is 29.3 Å². The van der Waals surface area contributed by atoms with E-state index in [2.05, 4.69) is 24.1 Å². The molecule has 2 N–H and O–H groups in total. The third kappa shape index (κ3) is 2.85. The molecule has 2 aromatic rings. The summed E-state index contributed by atoms with van der Waals surface area (Å²) in [5, 5.41) is 0.773. The van der Waals surface area contributed by atoms with Crippen molar-refractivity contribution in [1.29, 1.82) is 0 Å². The van der Waals surface area contributed by atoms with E-state index in [0.29, 0.717) is 6.54 Å². The van der Waals surface area contributed by atoms with E-state index in [9.17, 15) is 0 Å². The van der Waals surface area contributed by atoms with Gasteiger partial charge < -0.3 is 15.4 Å². The zero-order chi connectivity index (χ0) is 14.8. The number of para-hydroxylation sites is 1. The van der Waals surface area contributed by atoms with Crippen LogP contribution in [0.5, 0.6) is 5.75 Å². The van der Waals surface area contributed by atoms with Crippen LogP contribution in [0.4, 0.5) is 5.69 Å². The maximum atomic E-state index is 6.22. The van der Waals surface area contributed by atoms with Gasteiger partial charge in [0.15, 0.2) is 0 Å². The minimum absolute atomic E-state index is 0.532. The Labute approximate surface area is 130 Å². The fraction of sp³-hybridized carbons (Fsp3) is 0.294. The predicted octanol–water partition coefficient (Wildman–Crippen LogP) is 3.37. The second-order valence-corrected chi connectivity index (χ2v) is 5.78. The maximum absolute atomic E-state index is 6.22. The molecule has 0 atom stereocenters. The van der Waals surface area contributed by atoms with Gasteiger partial charge in [-0.25, -0.2) is 0 Å². The minimum Gasteiger partial charge on any atom is -0.493 e. The van der Waals surface area contributed by atoms with E-state index >= 15 is 0 Å². The van der Waals surface area contributed by atoms with Gasteiger partial charge in [-0.3, -0.25) is 0 Å². The van der Waals surface area contributed by atoms with Gasteiger partial charge in [-0.1, -0.05) is 29.8 Å². The lowest BCUT2D eigenvalue weighted by Crippen LogP contribution is -2.19. The molecule has 21 heavy (non-hydrogen) atoms. The van der Waals surface area contributed by atoms with Crippen LogP contribution in [0, 0.1) is 0 Å². The fourth-order valence-electron chi connectivity index (χ4n) is 2.86. The van der Waals surface area contributed by atoms with Crippen LogP contribution in [0.2, 0.25) is 5.02 Å². The number of hydrogen-bond acceptors (Lipinski definition) is 3. The van der Waals surface area contributed by atoms with Gasteiger partial charge in [0, 0.05) is 42.8 Å². The van der Waals surface area contributed by atoms with Crippen molar-refractivity contribution >= 4 is 17.3 Å². The monoisotopic (exact) mass is 302 g/mol. The number of benzene rings is 2. The van der Waals surface area contributed by atoms with Crippen LogP contribution in [-0.2, 0) is 19.5 Å². The summed E-state index contributed by atoms with van der Waals surface area (Å²) in [5.41, 5.74) is 10.4. The van der Waals surface area contributed by atoms with Crippen molar-refractivity contribution in [3.8, 4) is 5.75 Å². The molecule has 2 aromatic carbocycles. The molecule has 1 aliphatic rings. The van der Waals surface area contributed by atoms with Crippen LogP contribution < -0.4 is 15.4 Å². The summed E-state index contributed by atoms with van der Waals surface area (Å²) in [6.07, 6.45) is 0.937. The SMILES string of the molecule is CN(Cc1cc(Cl)cc2c1OCC2)c1ccccc1CN. The molecule has 3 rings (SSSR count). The second-order valence-electron chi connectivity index (χ2n) is 5.34. The molecule has 0 unspecified atom stereocenters. The number of fused-ring (bicyclic) bond motifs is 1. The predicted molar refractivity (Wildman–Crippen MR) is 87.1 cm³/mol. The normalized spacial score (nSPS) is 12.9. The Morgan fingerprint density at radius 2 is 2.05 bits per heavy atom. The van der Waals surface area contributed by atoms with Gasteiger partial charge in [-0.15, -0.1) is 0 Å². The molecule has 0 saturated heterocycles. The largest absolute Gasteiger partial charge is 0.493 e. The summed E-state index contributed by atoms with van der Waals surface area (Å²) in [5.74, 6) is 0.997. The highest BCUT2D eigenvalue weighted by Crippen LogP contribution is 2.34. The zero-order valence-electron chi connectivity index (χ0n) is 12.1. The first-order valence-corrected chi connectivity index (χ1v) is 7.50. The van der Waals surface area contributed by atoms with Crippen LogP contribution in [0.15, 0.2) is 36.4 Å². The maximum Gasteiger partial charge on any atom is 0.127 e. The van der Waals surface area contributed by atoms with Crippen molar-refractivity contribution in [1.82, 2.24) is 0 Å². The Balaban J connectivity index is 1.90. The van der Waals surface area contributed by atoms with Gasteiger partial charge in [0.25, 0.3) is 0 Å². The van der Waals surface area contributed by atoms with Crippen molar-refractivity contribution in [3.05, 3.63) is 58.1 Å². The average molecular weight is 303 g/mol. The highest BCUT2D eigenvalue weighted by atomic mass is 35.5. The molecule has 1 aliphatic heterocycles. The van der Waals surface area contributed by atoms with Gasteiger partial charge in [0.05, 0.1) is 6.61 Å². The van der Waals surface area contributed by atoms with Crippen LogP contribution in [0.25, 0.3) is 0 Å². The molecule has 0 spiro atoms. The fourth-order valence-corrected chi connectivity index (χ4v) is 3.12. The van der Waals surface area contributed by atoms with Gasteiger partial charge in [0.2, 0.25) is 0 Å². The molecule has 1 heterocycles. The zero-order valence-corrected chi connectivity index (χ0v) is 12.9. The summed E-state index contributed by atoms with van der Waals surface area (Å²) in [7, 11) is 2.07. The van der Waals surface area contributed by atoms with E-state index in [1.165, 1.54) is 5.56 Å². The van der Waals surface area contributed by atoms with Crippen LogP contribution in [0.3, 0.4) is 0 Å². The molecule has 4 heteroatoms. The van der Waals surface area contributed by atoms with E-state index in [1.807, 2.05) is 24.3 Å². The topological polar surface area (TPSA) is 38.5 Å². The Morgan fingerprint density at radius 1 is 1.24 bits per heavy atom. The molecular formula is C17H19ClN2O. The molecule has 110 valence electrons. The van der Waals surface area contributed by atoms with E-state index < -0.39 is 0 Å². The van der Waals surface area contributed by atoms with Crippen molar-refractivity contribution in [2.24, 2.45) is 5.73 Å². The van der Waals surface area contributed by atoms with Crippen LogP contribution >= 0.6 is 11.6 Å². The first kappa shape index (κ1) is 14.2. The first-order valence-electron chi connectivity index (χ1n) is 7.12. The number of hydrogen-bond donors (Lipinski definition) is 1. The highest BCUT2D eigenvalue weighted by Gasteiger charge is 2.19. The van der Waals surface area contributed by atoms with Crippen molar-refractivity contribution in [2.75, 3.05) is 18.6 Å². The average Bonchev–Trinajstić information content (AvgIpc) is 2.95. The molecule has 0 bridgehead atoms. The summed E-state index contributed by atoms with van der Waals surface area (Å²) in [6, 6.07) is 12.2. The van der Waals surface area contributed by atoms with Crippen molar-refractivity contribution in [2.45, 2.75) is 19.5 Å². The van der Waals surface area contributed by atoms with Crippen LogP contribution in [-0.4, -0.2) is 13.7 Å². The lowest BCUT2D eigenvalue weighted by Gasteiger charge is -2.23. The first-order chi connectivity index (χ1) is 10.2. The number of nitrogens with zero attached hydrogens (tertiary/aromatic N) is 1. The van der Waals surface area contributed by atoms with E-state index in [1.54, 1.807) is 0 Å². The van der Waals surface area contributed by atoms with Crippen LogP contribution in [0.1, 0.15) is 16.7 Å². The number of rotatable bonds is 4. The Kier molecular flexibility index (Phi) is 4.04. The molecule has 3 nitrogen and oxygen atoms in total. The summed E-state index contributed by atoms with van der Waals surface area (Å²) >= 11 is 6.22. The number of ether oxygens (including phenoxy) is 1. The van der Waals surface area contributed by atoms with Gasteiger partial charge >= 0.3 is 0 Å².